The van der Waals surface area contributed by atoms with E-state index in [1.807, 2.05) is 13.0 Å². The summed E-state index contributed by atoms with van der Waals surface area (Å²) in [5, 5.41) is 15.3. The Morgan fingerprint density at radius 1 is 1.43 bits per heavy atom. The van der Waals surface area contributed by atoms with Crippen LogP contribution in [0.2, 0.25) is 0 Å². The Morgan fingerprint density at radius 3 is 3.05 bits per heavy atom. The minimum Gasteiger partial charge on any atom is -0.494 e. The lowest BCUT2D eigenvalue weighted by Crippen LogP contribution is -2.12. The second-order valence-corrected chi connectivity index (χ2v) is 5.22. The van der Waals surface area contributed by atoms with E-state index in [4.69, 9.17) is 4.74 Å². The number of hydrogen-bond donors (Lipinski definition) is 1. The van der Waals surface area contributed by atoms with Crippen LogP contribution in [-0.4, -0.2) is 32.3 Å². The Kier molecular flexibility index (Phi) is 3.53. The number of amides is 1. The smallest absolute Gasteiger partial charge is 0.257 e. The van der Waals surface area contributed by atoms with Crippen LogP contribution in [0.1, 0.15) is 23.1 Å². The number of carbonyl (C=O) groups excluding carboxylic acids is 1. The Labute approximate surface area is 124 Å². The van der Waals surface area contributed by atoms with Crippen LogP contribution in [0.3, 0.4) is 0 Å². The summed E-state index contributed by atoms with van der Waals surface area (Å²) in [5.74, 6) is 1.11. The molecule has 0 aliphatic carbocycles. The van der Waals surface area contributed by atoms with Gasteiger partial charge in [-0.15, -0.1) is 15.3 Å². The van der Waals surface area contributed by atoms with Crippen molar-refractivity contribution >= 4 is 27.3 Å². The van der Waals surface area contributed by atoms with E-state index >= 15 is 0 Å². The molecular formula is C13H13N5O2S. The highest BCUT2D eigenvalue weighted by molar-refractivity contribution is 7.20. The van der Waals surface area contributed by atoms with Crippen LogP contribution in [0.4, 0.5) is 5.13 Å². The van der Waals surface area contributed by atoms with Crippen molar-refractivity contribution in [1.82, 2.24) is 19.8 Å². The van der Waals surface area contributed by atoms with Gasteiger partial charge in [-0.3, -0.25) is 10.1 Å². The van der Waals surface area contributed by atoms with E-state index in [2.05, 4.69) is 20.6 Å². The summed E-state index contributed by atoms with van der Waals surface area (Å²) in [5.41, 5.74) is 0.517. The van der Waals surface area contributed by atoms with E-state index < -0.39 is 0 Å². The average molecular weight is 303 g/mol. The third kappa shape index (κ3) is 2.70. The first-order valence-corrected chi connectivity index (χ1v) is 7.22. The van der Waals surface area contributed by atoms with E-state index in [1.54, 1.807) is 29.6 Å². The summed E-state index contributed by atoms with van der Waals surface area (Å²) in [6.07, 6.45) is 0. The van der Waals surface area contributed by atoms with Crippen LogP contribution in [0, 0.1) is 6.92 Å². The maximum Gasteiger partial charge on any atom is 0.257 e. The van der Waals surface area contributed by atoms with Gasteiger partial charge in [-0.2, -0.15) is 4.52 Å². The fourth-order valence-electron chi connectivity index (χ4n) is 1.83. The zero-order valence-electron chi connectivity index (χ0n) is 11.5. The molecule has 8 heteroatoms. The van der Waals surface area contributed by atoms with Gasteiger partial charge in [-0.1, -0.05) is 17.4 Å². The van der Waals surface area contributed by atoms with E-state index in [0.717, 1.165) is 0 Å². The highest BCUT2D eigenvalue weighted by Gasteiger charge is 2.13. The predicted octanol–water partition coefficient (Wildman–Crippen LogP) is 2.15. The molecule has 0 aliphatic rings. The molecule has 3 rings (SSSR count). The van der Waals surface area contributed by atoms with Gasteiger partial charge in [0.1, 0.15) is 5.75 Å². The number of benzene rings is 1. The topological polar surface area (TPSA) is 81.4 Å². The number of rotatable bonds is 4. The number of carbonyl (C=O) groups is 1. The molecule has 1 N–H and O–H groups in total. The van der Waals surface area contributed by atoms with Gasteiger partial charge < -0.3 is 4.74 Å². The minimum absolute atomic E-state index is 0.237. The summed E-state index contributed by atoms with van der Waals surface area (Å²) in [4.78, 5) is 12.9. The first kappa shape index (κ1) is 13.5. The monoisotopic (exact) mass is 303 g/mol. The van der Waals surface area contributed by atoms with Crippen LogP contribution < -0.4 is 10.1 Å². The molecule has 0 unspecified atom stereocenters. The van der Waals surface area contributed by atoms with E-state index in [-0.39, 0.29) is 5.91 Å². The van der Waals surface area contributed by atoms with Gasteiger partial charge in [0.25, 0.3) is 5.91 Å². The maximum atomic E-state index is 12.2. The summed E-state index contributed by atoms with van der Waals surface area (Å²) < 4.78 is 6.98. The standard InChI is InChI=1S/C13H13N5O2S/c1-3-20-10-6-4-5-9(7-10)11(19)14-12-17-18-8(2)15-16-13(18)21-12/h4-7H,3H2,1-2H3,(H,14,17,19). The first-order valence-electron chi connectivity index (χ1n) is 6.40. The number of aromatic nitrogens is 4. The number of hydrogen-bond acceptors (Lipinski definition) is 6. The van der Waals surface area contributed by atoms with Gasteiger partial charge in [-0.05, 0) is 32.0 Å². The molecule has 0 bridgehead atoms. The summed E-state index contributed by atoms with van der Waals surface area (Å²) in [6.45, 7) is 4.26. The number of ether oxygens (including phenoxy) is 1. The van der Waals surface area contributed by atoms with Crippen LogP contribution in [0.25, 0.3) is 4.96 Å². The summed E-state index contributed by atoms with van der Waals surface area (Å²) in [7, 11) is 0. The number of nitrogens with zero attached hydrogens (tertiary/aromatic N) is 4. The van der Waals surface area contributed by atoms with Crippen molar-refractivity contribution in [2.45, 2.75) is 13.8 Å². The number of nitrogens with one attached hydrogen (secondary N) is 1. The molecule has 0 radical (unpaired) electrons. The molecule has 0 spiro atoms. The predicted molar refractivity (Wildman–Crippen MR) is 79.0 cm³/mol. The largest absolute Gasteiger partial charge is 0.494 e. The van der Waals surface area contributed by atoms with E-state index in [1.165, 1.54) is 11.3 Å². The maximum absolute atomic E-state index is 12.2. The van der Waals surface area contributed by atoms with Gasteiger partial charge in [0.15, 0.2) is 5.82 Å². The zero-order chi connectivity index (χ0) is 14.8. The quantitative estimate of drug-likeness (QED) is 0.798. The van der Waals surface area contributed by atoms with Crippen molar-refractivity contribution in [3.05, 3.63) is 35.7 Å². The normalized spacial score (nSPS) is 10.8. The number of anilines is 1. The lowest BCUT2D eigenvalue weighted by Gasteiger charge is -2.05. The molecule has 2 aromatic heterocycles. The molecule has 3 aromatic rings. The van der Waals surface area contributed by atoms with Crippen LogP contribution in [0.5, 0.6) is 5.75 Å². The molecule has 0 fully saturated rings. The lowest BCUT2D eigenvalue weighted by molar-refractivity contribution is 0.102. The number of fused-ring (bicyclic) bond motifs is 1. The summed E-state index contributed by atoms with van der Waals surface area (Å²) >= 11 is 1.27. The molecule has 0 saturated heterocycles. The molecule has 21 heavy (non-hydrogen) atoms. The van der Waals surface area contributed by atoms with Crippen molar-refractivity contribution in [2.75, 3.05) is 11.9 Å². The lowest BCUT2D eigenvalue weighted by atomic mass is 10.2. The van der Waals surface area contributed by atoms with Gasteiger partial charge in [0.05, 0.1) is 6.61 Å². The van der Waals surface area contributed by atoms with Gasteiger partial charge in [0, 0.05) is 5.56 Å². The van der Waals surface area contributed by atoms with E-state index in [9.17, 15) is 4.79 Å². The third-order valence-electron chi connectivity index (χ3n) is 2.77. The molecule has 0 atom stereocenters. The molecule has 0 aliphatic heterocycles. The second kappa shape index (κ2) is 5.49. The Balaban J connectivity index is 1.80. The molecule has 2 heterocycles. The molecule has 108 valence electrons. The van der Waals surface area contributed by atoms with Crippen molar-refractivity contribution in [3.8, 4) is 5.75 Å². The fourth-order valence-corrected chi connectivity index (χ4v) is 2.61. The Hall–Kier alpha value is -2.48. The number of aryl methyl sites for hydroxylation is 1. The summed E-state index contributed by atoms with van der Waals surface area (Å²) in [6, 6.07) is 7.02. The van der Waals surface area contributed by atoms with Crippen LogP contribution in [0.15, 0.2) is 24.3 Å². The Bertz CT molecular complexity index is 795. The van der Waals surface area contributed by atoms with Crippen molar-refractivity contribution in [1.29, 1.82) is 0 Å². The van der Waals surface area contributed by atoms with Crippen molar-refractivity contribution in [2.24, 2.45) is 0 Å². The fraction of sp³-hybridized carbons (Fsp3) is 0.231. The first-order chi connectivity index (χ1) is 10.2. The average Bonchev–Trinajstić information content (AvgIpc) is 3.02. The minimum atomic E-state index is -0.237. The highest BCUT2D eigenvalue weighted by atomic mass is 32.1. The van der Waals surface area contributed by atoms with Crippen molar-refractivity contribution in [3.63, 3.8) is 0 Å². The van der Waals surface area contributed by atoms with Crippen LogP contribution in [-0.2, 0) is 0 Å². The molecule has 7 nitrogen and oxygen atoms in total. The molecule has 0 saturated carbocycles. The molecular weight excluding hydrogens is 290 g/mol. The van der Waals surface area contributed by atoms with E-state index in [0.29, 0.717) is 33.8 Å². The van der Waals surface area contributed by atoms with Gasteiger partial charge in [-0.25, -0.2) is 0 Å². The van der Waals surface area contributed by atoms with Gasteiger partial charge >= 0.3 is 0 Å². The van der Waals surface area contributed by atoms with Gasteiger partial charge in [0.2, 0.25) is 10.1 Å². The molecule has 1 amide bonds. The molecule has 1 aromatic carbocycles. The Morgan fingerprint density at radius 2 is 2.29 bits per heavy atom. The highest BCUT2D eigenvalue weighted by Crippen LogP contribution is 2.20. The van der Waals surface area contributed by atoms with Crippen LogP contribution >= 0.6 is 11.3 Å². The van der Waals surface area contributed by atoms with Crippen molar-refractivity contribution < 1.29 is 9.53 Å². The third-order valence-corrected chi connectivity index (χ3v) is 3.59. The second-order valence-electron chi connectivity index (χ2n) is 4.26. The zero-order valence-corrected chi connectivity index (χ0v) is 12.3. The SMILES string of the molecule is CCOc1cccc(C(=O)Nc2nn3c(C)nnc3s2)c1.